The van der Waals surface area contributed by atoms with E-state index in [9.17, 15) is 4.79 Å². The molecule has 1 amide bonds. The van der Waals surface area contributed by atoms with Gasteiger partial charge in [0.15, 0.2) is 4.80 Å². The van der Waals surface area contributed by atoms with Gasteiger partial charge in [-0.15, -0.1) is 0 Å². The number of unbranched alkanes of at least 4 members (excludes halogenated alkanes) is 2. The molecule has 0 fully saturated rings. The molecule has 0 aliphatic rings. The van der Waals surface area contributed by atoms with Crippen molar-refractivity contribution in [1.29, 1.82) is 0 Å². The Balaban J connectivity index is 1.82. The van der Waals surface area contributed by atoms with Crippen LogP contribution >= 0.6 is 27.3 Å². The van der Waals surface area contributed by atoms with Gasteiger partial charge in [0.05, 0.1) is 23.4 Å². The third kappa shape index (κ3) is 6.03. The molecule has 1 heterocycles. The van der Waals surface area contributed by atoms with Crippen LogP contribution in [0.2, 0.25) is 0 Å². The predicted molar refractivity (Wildman–Crippen MR) is 125 cm³/mol. The molecule has 0 aliphatic carbocycles. The summed E-state index contributed by atoms with van der Waals surface area (Å²) < 4.78 is 15.4. The average molecular weight is 491 g/mol. The highest BCUT2D eigenvalue weighted by Crippen LogP contribution is 2.22. The van der Waals surface area contributed by atoms with Crippen molar-refractivity contribution in [2.24, 2.45) is 4.99 Å². The SMILES string of the molecule is CCCCCOc1ccc(C(=O)N=c2sc3cc(Br)ccc3n2CCOCC)cc1. The average Bonchev–Trinajstić information content (AvgIpc) is 3.08. The van der Waals surface area contributed by atoms with Gasteiger partial charge in [0.2, 0.25) is 0 Å². The van der Waals surface area contributed by atoms with Gasteiger partial charge in [0, 0.05) is 23.2 Å². The molecule has 0 atom stereocenters. The molecule has 0 bridgehead atoms. The summed E-state index contributed by atoms with van der Waals surface area (Å²) in [6.07, 6.45) is 3.36. The number of amides is 1. The summed E-state index contributed by atoms with van der Waals surface area (Å²) in [5.74, 6) is 0.518. The number of benzene rings is 2. The van der Waals surface area contributed by atoms with Gasteiger partial charge in [-0.3, -0.25) is 4.79 Å². The van der Waals surface area contributed by atoms with E-state index in [-0.39, 0.29) is 5.91 Å². The summed E-state index contributed by atoms with van der Waals surface area (Å²) in [7, 11) is 0. The van der Waals surface area contributed by atoms with Gasteiger partial charge in [-0.25, -0.2) is 0 Å². The van der Waals surface area contributed by atoms with Crippen LogP contribution in [-0.4, -0.2) is 30.3 Å². The highest BCUT2D eigenvalue weighted by Gasteiger charge is 2.10. The first-order valence-electron chi connectivity index (χ1n) is 10.3. The fourth-order valence-electron chi connectivity index (χ4n) is 3.04. The van der Waals surface area contributed by atoms with Gasteiger partial charge in [-0.05, 0) is 55.8 Å². The fraction of sp³-hybridized carbons (Fsp3) is 0.391. The first kappa shape index (κ1) is 22.7. The lowest BCUT2D eigenvalue weighted by Crippen LogP contribution is -2.19. The van der Waals surface area contributed by atoms with E-state index in [0.29, 0.717) is 36.7 Å². The number of aromatic nitrogens is 1. The first-order chi connectivity index (χ1) is 14.6. The summed E-state index contributed by atoms with van der Waals surface area (Å²) in [4.78, 5) is 17.9. The summed E-state index contributed by atoms with van der Waals surface area (Å²) in [5, 5.41) is 0. The minimum absolute atomic E-state index is 0.261. The topological polar surface area (TPSA) is 52.8 Å². The zero-order valence-electron chi connectivity index (χ0n) is 17.4. The molecule has 5 nitrogen and oxygen atoms in total. The highest BCUT2D eigenvalue weighted by molar-refractivity contribution is 9.10. The van der Waals surface area contributed by atoms with Crippen molar-refractivity contribution < 1.29 is 14.3 Å². The van der Waals surface area contributed by atoms with Crippen molar-refractivity contribution in [2.75, 3.05) is 19.8 Å². The smallest absolute Gasteiger partial charge is 0.279 e. The van der Waals surface area contributed by atoms with E-state index in [1.807, 2.05) is 41.8 Å². The zero-order chi connectivity index (χ0) is 21.3. The van der Waals surface area contributed by atoms with Crippen LogP contribution in [0.25, 0.3) is 10.2 Å². The third-order valence-electron chi connectivity index (χ3n) is 4.62. The second kappa shape index (κ2) is 11.4. The molecule has 0 N–H and O–H groups in total. The molecule has 0 saturated heterocycles. The summed E-state index contributed by atoms with van der Waals surface area (Å²) >= 11 is 5.02. The maximum absolute atomic E-state index is 12.8. The number of halogens is 1. The molecule has 30 heavy (non-hydrogen) atoms. The standard InChI is InChI=1S/C23H27BrN2O3S/c1-3-5-6-14-29-19-10-7-17(8-11-19)22(27)25-23-26(13-15-28-4-2)20-12-9-18(24)16-21(20)30-23/h7-12,16H,3-6,13-15H2,1-2H3. The van der Waals surface area contributed by atoms with Crippen LogP contribution in [0.5, 0.6) is 5.75 Å². The van der Waals surface area contributed by atoms with E-state index < -0.39 is 0 Å². The van der Waals surface area contributed by atoms with Gasteiger partial charge >= 0.3 is 0 Å². The van der Waals surface area contributed by atoms with Crippen molar-refractivity contribution in [3.63, 3.8) is 0 Å². The largest absolute Gasteiger partial charge is 0.494 e. The Morgan fingerprint density at radius 1 is 1.10 bits per heavy atom. The third-order valence-corrected chi connectivity index (χ3v) is 6.16. The fourth-order valence-corrected chi connectivity index (χ4v) is 4.64. The highest BCUT2D eigenvalue weighted by atomic mass is 79.9. The van der Waals surface area contributed by atoms with Crippen LogP contribution in [0.3, 0.4) is 0 Å². The molecule has 160 valence electrons. The van der Waals surface area contributed by atoms with Crippen LogP contribution in [-0.2, 0) is 11.3 Å². The van der Waals surface area contributed by atoms with Crippen molar-refractivity contribution in [3.8, 4) is 5.75 Å². The molecule has 1 aromatic heterocycles. The van der Waals surface area contributed by atoms with Gasteiger partial charge in [0.25, 0.3) is 5.91 Å². The molecule has 0 aliphatic heterocycles. The summed E-state index contributed by atoms with van der Waals surface area (Å²) in [5.41, 5.74) is 1.59. The molecule has 3 aromatic rings. The van der Waals surface area contributed by atoms with Gasteiger partial charge < -0.3 is 14.0 Å². The normalized spacial score (nSPS) is 11.9. The van der Waals surface area contributed by atoms with Gasteiger partial charge in [-0.2, -0.15) is 4.99 Å². The number of carbonyl (C=O) groups excluding carboxylic acids is 1. The number of thiazole rings is 1. The van der Waals surface area contributed by atoms with Crippen LogP contribution in [0.4, 0.5) is 0 Å². The van der Waals surface area contributed by atoms with Crippen molar-refractivity contribution in [3.05, 3.63) is 57.3 Å². The first-order valence-corrected chi connectivity index (χ1v) is 11.9. The number of hydrogen-bond acceptors (Lipinski definition) is 4. The summed E-state index contributed by atoms with van der Waals surface area (Å²) in [6.45, 7) is 6.71. The number of ether oxygens (including phenoxy) is 2. The molecule has 7 heteroatoms. The van der Waals surface area contributed by atoms with Crippen molar-refractivity contribution >= 4 is 43.4 Å². The molecule has 2 aromatic carbocycles. The Kier molecular flexibility index (Phi) is 8.66. The number of fused-ring (bicyclic) bond motifs is 1. The minimum Gasteiger partial charge on any atom is -0.494 e. The maximum Gasteiger partial charge on any atom is 0.279 e. The van der Waals surface area contributed by atoms with Crippen LogP contribution in [0, 0.1) is 0 Å². The van der Waals surface area contributed by atoms with E-state index in [4.69, 9.17) is 9.47 Å². The minimum atomic E-state index is -0.261. The monoisotopic (exact) mass is 490 g/mol. The second-order valence-electron chi connectivity index (χ2n) is 6.84. The van der Waals surface area contributed by atoms with E-state index in [0.717, 1.165) is 39.7 Å². The predicted octanol–water partition coefficient (Wildman–Crippen LogP) is 5.81. The second-order valence-corrected chi connectivity index (χ2v) is 8.77. The van der Waals surface area contributed by atoms with Crippen molar-refractivity contribution in [2.45, 2.75) is 39.7 Å². The number of rotatable bonds is 10. The lowest BCUT2D eigenvalue weighted by molar-refractivity contribution is 0.0996. The molecule has 0 saturated carbocycles. The van der Waals surface area contributed by atoms with Gasteiger partial charge in [-0.1, -0.05) is 47.0 Å². The molecule has 3 rings (SSSR count). The van der Waals surface area contributed by atoms with Gasteiger partial charge in [0.1, 0.15) is 5.75 Å². The molecular formula is C23H27BrN2O3S. The quantitative estimate of drug-likeness (QED) is 0.336. The zero-order valence-corrected chi connectivity index (χ0v) is 19.8. The molecule has 0 radical (unpaired) electrons. The lowest BCUT2D eigenvalue weighted by Gasteiger charge is -2.06. The Hall–Kier alpha value is -1.96. The Morgan fingerprint density at radius 3 is 2.63 bits per heavy atom. The van der Waals surface area contributed by atoms with Crippen LogP contribution < -0.4 is 9.54 Å². The lowest BCUT2D eigenvalue weighted by atomic mass is 10.2. The van der Waals surface area contributed by atoms with E-state index in [1.165, 1.54) is 11.3 Å². The van der Waals surface area contributed by atoms with Crippen LogP contribution in [0.1, 0.15) is 43.5 Å². The maximum atomic E-state index is 12.8. The Morgan fingerprint density at radius 2 is 1.90 bits per heavy atom. The van der Waals surface area contributed by atoms with E-state index in [2.05, 4.69) is 27.8 Å². The number of carbonyl (C=O) groups is 1. The number of nitrogens with zero attached hydrogens (tertiary/aromatic N) is 2. The van der Waals surface area contributed by atoms with Crippen molar-refractivity contribution in [1.82, 2.24) is 4.57 Å². The Labute approximate surface area is 189 Å². The van der Waals surface area contributed by atoms with E-state index >= 15 is 0 Å². The molecule has 0 unspecified atom stereocenters. The molecule has 0 spiro atoms. The number of hydrogen-bond donors (Lipinski definition) is 0. The van der Waals surface area contributed by atoms with Crippen LogP contribution in [0.15, 0.2) is 51.9 Å². The molecular weight excluding hydrogens is 464 g/mol. The summed E-state index contributed by atoms with van der Waals surface area (Å²) in [6, 6.07) is 13.3. The Bertz CT molecular complexity index is 1040. The van der Waals surface area contributed by atoms with E-state index in [1.54, 1.807) is 12.1 Å².